The third-order valence-electron chi connectivity index (χ3n) is 1.05. The van der Waals surface area contributed by atoms with Crippen molar-refractivity contribution < 1.29 is 5.21 Å². The summed E-state index contributed by atoms with van der Waals surface area (Å²) >= 11 is 1.45. The van der Waals surface area contributed by atoms with Gasteiger partial charge in [-0.1, -0.05) is 4.85 Å². The van der Waals surface area contributed by atoms with Gasteiger partial charge in [-0.25, -0.2) is 4.98 Å². The summed E-state index contributed by atoms with van der Waals surface area (Å²) in [5.74, 6) is 0. The van der Waals surface area contributed by atoms with Crippen LogP contribution in [0.25, 0.3) is 10.3 Å². The Bertz CT molecular complexity index is 325. The molecule has 1 N–H and O–H groups in total. The van der Waals surface area contributed by atoms with E-state index in [4.69, 9.17) is 5.21 Å². The first kappa shape index (κ1) is 4.75. The topological polar surface area (TPSA) is 50.9 Å². The Kier molecular flexibility index (Phi) is 0.762. The highest BCUT2D eigenvalue weighted by Crippen LogP contribution is 2.14. The summed E-state index contributed by atoms with van der Waals surface area (Å²) < 4.78 is 0.900. The molecule has 2 aromatic rings. The molecule has 0 aliphatic rings. The summed E-state index contributed by atoms with van der Waals surface area (Å²) in [6, 6.07) is 0. The van der Waals surface area contributed by atoms with Crippen molar-refractivity contribution in [2.45, 2.75) is 0 Å². The fourth-order valence-electron chi connectivity index (χ4n) is 0.650. The summed E-state index contributed by atoms with van der Waals surface area (Å²) in [6.07, 6.45) is 1.58. The molecule has 0 fully saturated rings. The molecule has 0 radical (unpaired) electrons. The van der Waals surface area contributed by atoms with E-state index in [1.807, 2.05) is 0 Å². The zero-order chi connectivity index (χ0) is 6.27. The van der Waals surface area contributed by atoms with Gasteiger partial charge in [-0.05, 0) is 0 Å². The number of hydrogen-bond acceptors (Lipinski definition) is 4. The summed E-state index contributed by atoms with van der Waals surface area (Å²) in [4.78, 5) is 4.62. The highest BCUT2D eigenvalue weighted by molar-refractivity contribution is 7.16. The fourth-order valence-corrected chi connectivity index (χ4v) is 1.26. The van der Waals surface area contributed by atoms with E-state index in [1.165, 1.54) is 11.3 Å². The van der Waals surface area contributed by atoms with Gasteiger partial charge in [-0.2, -0.15) is 0 Å². The van der Waals surface area contributed by atoms with Crippen molar-refractivity contribution in [1.29, 1.82) is 0 Å². The lowest BCUT2D eigenvalue weighted by Gasteiger charge is -1.81. The Hall–Kier alpha value is -1.10. The van der Waals surface area contributed by atoms with Crippen LogP contribution in [0.3, 0.4) is 0 Å². The zero-order valence-electron chi connectivity index (χ0n) is 4.35. The molecule has 0 aromatic carbocycles. The predicted octanol–water partition coefficient (Wildman–Crippen LogP) is 0.730. The van der Waals surface area contributed by atoms with Gasteiger partial charge in [-0.3, -0.25) is 0 Å². The average molecular weight is 141 g/mol. The van der Waals surface area contributed by atoms with Gasteiger partial charge in [0.2, 0.25) is 5.65 Å². The van der Waals surface area contributed by atoms with Crippen molar-refractivity contribution >= 4 is 21.7 Å². The molecule has 0 unspecified atom stereocenters. The highest BCUT2D eigenvalue weighted by atomic mass is 32.1. The number of nitrogens with zero attached hydrogens (tertiary/aromatic N) is 3. The molecule has 4 nitrogen and oxygen atoms in total. The van der Waals surface area contributed by atoms with Crippen LogP contribution in [0.15, 0.2) is 11.7 Å². The summed E-state index contributed by atoms with van der Waals surface area (Å²) in [5.41, 5.74) is 2.19. The predicted molar refractivity (Wildman–Crippen MR) is 32.6 cm³/mol. The Morgan fingerprint density at radius 2 is 2.56 bits per heavy atom. The number of rotatable bonds is 0. The highest BCUT2D eigenvalue weighted by Gasteiger charge is 2.00. The van der Waals surface area contributed by atoms with Crippen LogP contribution in [0.4, 0.5) is 0 Å². The maximum absolute atomic E-state index is 8.85. The third kappa shape index (κ3) is 0.517. The van der Waals surface area contributed by atoms with Crippen LogP contribution in [0.5, 0.6) is 0 Å². The standard InChI is InChI=1S/C4H3N3OS/c8-7-4-3(1-6-7)9-2-5-4/h1-2,8H. The van der Waals surface area contributed by atoms with Crippen molar-refractivity contribution in [2.75, 3.05) is 0 Å². The molecule has 0 aliphatic carbocycles. The third-order valence-corrected chi connectivity index (χ3v) is 1.80. The average Bonchev–Trinajstić information content (AvgIpc) is 2.35. The van der Waals surface area contributed by atoms with Crippen molar-refractivity contribution in [1.82, 2.24) is 14.9 Å². The molecule has 0 atom stereocenters. The minimum Gasteiger partial charge on any atom is -0.410 e. The first-order valence-corrected chi connectivity index (χ1v) is 3.22. The van der Waals surface area contributed by atoms with E-state index in [2.05, 4.69) is 10.1 Å². The van der Waals surface area contributed by atoms with Crippen LogP contribution in [0.2, 0.25) is 0 Å². The first-order chi connectivity index (χ1) is 4.38. The fraction of sp³-hybridized carbons (Fsp3) is 0. The van der Waals surface area contributed by atoms with Gasteiger partial charge >= 0.3 is 0 Å². The molecule has 0 bridgehead atoms. The summed E-state index contributed by atoms with van der Waals surface area (Å²) in [5, 5.41) is 12.4. The second-order valence-corrected chi connectivity index (χ2v) is 2.46. The maximum atomic E-state index is 8.85. The molecule has 2 aromatic heterocycles. The first-order valence-electron chi connectivity index (χ1n) is 2.34. The second-order valence-electron chi connectivity index (χ2n) is 1.57. The molecular weight excluding hydrogens is 138 g/mol. The van der Waals surface area contributed by atoms with Gasteiger partial charge < -0.3 is 5.21 Å². The lowest BCUT2D eigenvalue weighted by Crippen LogP contribution is -1.90. The van der Waals surface area contributed by atoms with Crippen LogP contribution < -0.4 is 0 Å². The van der Waals surface area contributed by atoms with Crippen molar-refractivity contribution in [3.63, 3.8) is 0 Å². The number of fused-ring (bicyclic) bond motifs is 1. The molecule has 0 spiro atoms. The van der Waals surface area contributed by atoms with E-state index >= 15 is 0 Å². The quantitative estimate of drug-likeness (QED) is 0.550. The second kappa shape index (κ2) is 1.44. The zero-order valence-corrected chi connectivity index (χ0v) is 5.17. The maximum Gasteiger partial charge on any atom is 0.209 e. The largest absolute Gasteiger partial charge is 0.410 e. The van der Waals surface area contributed by atoms with E-state index in [0.29, 0.717) is 5.65 Å². The molecule has 0 amide bonds. The Morgan fingerprint density at radius 1 is 1.67 bits per heavy atom. The molecule has 2 heterocycles. The molecule has 2 rings (SSSR count). The monoisotopic (exact) mass is 141 g/mol. The normalized spacial score (nSPS) is 10.7. The number of hydrogen-bond donors (Lipinski definition) is 1. The lowest BCUT2D eigenvalue weighted by molar-refractivity contribution is 0.159. The van der Waals surface area contributed by atoms with E-state index in [0.717, 1.165) is 9.55 Å². The minimum absolute atomic E-state index is 0.528. The van der Waals surface area contributed by atoms with Crippen LogP contribution in [0.1, 0.15) is 0 Å². The van der Waals surface area contributed by atoms with Gasteiger partial charge in [0.25, 0.3) is 0 Å². The molecule has 9 heavy (non-hydrogen) atoms. The van der Waals surface area contributed by atoms with E-state index in [1.54, 1.807) is 11.7 Å². The van der Waals surface area contributed by atoms with E-state index in [-0.39, 0.29) is 0 Å². The molecule has 0 saturated carbocycles. The molecule has 0 aliphatic heterocycles. The SMILES string of the molecule is On1ncc2scnc21. The van der Waals surface area contributed by atoms with Crippen molar-refractivity contribution in [3.8, 4) is 0 Å². The van der Waals surface area contributed by atoms with E-state index in [9.17, 15) is 0 Å². The van der Waals surface area contributed by atoms with Gasteiger partial charge in [-0.15, -0.1) is 16.4 Å². The van der Waals surface area contributed by atoms with Crippen LogP contribution >= 0.6 is 11.3 Å². The number of aromatic nitrogens is 3. The summed E-state index contributed by atoms with van der Waals surface area (Å²) in [7, 11) is 0. The van der Waals surface area contributed by atoms with Crippen LogP contribution in [0, 0.1) is 0 Å². The minimum atomic E-state index is 0.528. The Balaban J connectivity index is 2.99. The lowest BCUT2D eigenvalue weighted by atomic mass is 10.7. The van der Waals surface area contributed by atoms with Crippen molar-refractivity contribution in [3.05, 3.63) is 11.7 Å². The van der Waals surface area contributed by atoms with Gasteiger partial charge in [0.05, 0.1) is 16.4 Å². The molecule has 46 valence electrons. The van der Waals surface area contributed by atoms with Crippen LogP contribution in [-0.4, -0.2) is 20.1 Å². The smallest absolute Gasteiger partial charge is 0.209 e. The molecular formula is C4H3N3OS. The molecule has 0 saturated heterocycles. The van der Waals surface area contributed by atoms with Crippen molar-refractivity contribution in [2.24, 2.45) is 0 Å². The Morgan fingerprint density at radius 3 is 3.33 bits per heavy atom. The van der Waals surface area contributed by atoms with Gasteiger partial charge in [0.15, 0.2) is 0 Å². The molecule has 5 heteroatoms. The van der Waals surface area contributed by atoms with E-state index < -0.39 is 0 Å². The van der Waals surface area contributed by atoms with Gasteiger partial charge in [0.1, 0.15) is 0 Å². The van der Waals surface area contributed by atoms with Gasteiger partial charge in [0, 0.05) is 0 Å². The Labute approximate surface area is 54.3 Å². The van der Waals surface area contributed by atoms with Crippen LogP contribution in [-0.2, 0) is 0 Å². The number of thiazole rings is 1. The summed E-state index contributed by atoms with van der Waals surface area (Å²) in [6.45, 7) is 0.